The van der Waals surface area contributed by atoms with Crippen LogP contribution in [0.25, 0.3) is 0 Å². The number of nitrogens with zero attached hydrogens (tertiary/aromatic N) is 2. The van der Waals surface area contributed by atoms with Gasteiger partial charge < -0.3 is 10.1 Å². The van der Waals surface area contributed by atoms with Gasteiger partial charge in [0.05, 0.1) is 6.10 Å². The summed E-state index contributed by atoms with van der Waals surface area (Å²) in [4.78, 5) is 8.47. The molecule has 0 spiro atoms. The van der Waals surface area contributed by atoms with E-state index >= 15 is 0 Å². The molecule has 0 aliphatic rings. The molecule has 2 aromatic rings. The summed E-state index contributed by atoms with van der Waals surface area (Å²) in [6.45, 7) is 3.91. The van der Waals surface area contributed by atoms with Gasteiger partial charge in [0.15, 0.2) is 0 Å². The molecule has 5 heteroatoms. The van der Waals surface area contributed by atoms with Crippen molar-refractivity contribution in [1.82, 2.24) is 9.97 Å². The number of alkyl halides is 1. The monoisotopic (exact) mass is 277 g/mol. The predicted molar refractivity (Wildman–Crippen MR) is 77.1 cm³/mol. The van der Waals surface area contributed by atoms with Crippen molar-refractivity contribution in [2.24, 2.45) is 0 Å². The average Bonchev–Trinajstić information content (AvgIpc) is 2.39. The molecule has 0 fully saturated rings. The van der Waals surface area contributed by atoms with Crippen molar-refractivity contribution in [2.45, 2.75) is 25.8 Å². The molecule has 0 radical (unpaired) electrons. The number of nitrogens with one attached hydrogen (secondary N) is 1. The Bertz CT molecular complexity index is 546. The van der Waals surface area contributed by atoms with Crippen molar-refractivity contribution >= 4 is 23.2 Å². The molecule has 1 aromatic heterocycles. The molecule has 19 heavy (non-hydrogen) atoms. The summed E-state index contributed by atoms with van der Waals surface area (Å²) < 4.78 is 5.53. The normalized spacial score (nSPS) is 10.5. The fourth-order valence-electron chi connectivity index (χ4n) is 1.59. The molecule has 1 heterocycles. The van der Waals surface area contributed by atoms with Gasteiger partial charge in [0.1, 0.15) is 0 Å². The second-order valence-electron chi connectivity index (χ2n) is 4.30. The SMILES string of the molecule is CC(C)Oc1ccnc(Nc2ccccc2CCl)n1. The van der Waals surface area contributed by atoms with E-state index in [1.165, 1.54) is 0 Å². The molecule has 0 saturated heterocycles. The number of rotatable bonds is 5. The van der Waals surface area contributed by atoms with E-state index in [1.54, 1.807) is 12.3 Å². The Balaban J connectivity index is 2.18. The van der Waals surface area contributed by atoms with E-state index in [0.29, 0.717) is 17.7 Å². The van der Waals surface area contributed by atoms with Crippen LogP contribution >= 0.6 is 11.6 Å². The molecule has 0 atom stereocenters. The molecule has 0 amide bonds. The molecule has 100 valence electrons. The number of benzene rings is 1. The molecule has 0 unspecified atom stereocenters. The maximum atomic E-state index is 5.89. The summed E-state index contributed by atoms with van der Waals surface area (Å²) in [5.74, 6) is 1.48. The Hall–Kier alpha value is -1.81. The predicted octanol–water partition coefficient (Wildman–Crippen LogP) is 3.75. The van der Waals surface area contributed by atoms with Crippen LogP contribution in [0.2, 0.25) is 0 Å². The van der Waals surface area contributed by atoms with Gasteiger partial charge in [0, 0.05) is 23.8 Å². The third-order valence-corrected chi connectivity index (χ3v) is 2.68. The standard InChI is InChI=1S/C14H16ClN3O/c1-10(2)19-13-7-8-16-14(18-13)17-12-6-4-3-5-11(12)9-15/h3-8,10H,9H2,1-2H3,(H,16,17,18). The Morgan fingerprint density at radius 3 is 2.79 bits per heavy atom. The smallest absolute Gasteiger partial charge is 0.230 e. The van der Waals surface area contributed by atoms with Crippen LogP contribution in [0, 0.1) is 0 Å². The van der Waals surface area contributed by atoms with Gasteiger partial charge in [0.25, 0.3) is 0 Å². The van der Waals surface area contributed by atoms with Crippen LogP contribution in [0.5, 0.6) is 5.88 Å². The lowest BCUT2D eigenvalue weighted by Crippen LogP contribution is -2.08. The molecule has 0 bridgehead atoms. The third-order valence-electron chi connectivity index (χ3n) is 2.39. The number of hydrogen-bond acceptors (Lipinski definition) is 4. The second-order valence-corrected chi connectivity index (χ2v) is 4.57. The van der Waals surface area contributed by atoms with Crippen LogP contribution in [-0.4, -0.2) is 16.1 Å². The first-order valence-electron chi connectivity index (χ1n) is 6.09. The molecule has 1 aromatic carbocycles. The highest BCUT2D eigenvalue weighted by atomic mass is 35.5. The van der Waals surface area contributed by atoms with Crippen LogP contribution in [-0.2, 0) is 5.88 Å². The minimum absolute atomic E-state index is 0.0814. The van der Waals surface area contributed by atoms with Crippen molar-refractivity contribution in [2.75, 3.05) is 5.32 Å². The summed E-state index contributed by atoms with van der Waals surface area (Å²) in [5, 5.41) is 3.15. The number of hydrogen-bond donors (Lipinski definition) is 1. The molecular weight excluding hydrogens is 262 g/mol. The Kier molecular flexibility index (Phi) is 4.58. The van der Waals surface area contributed by atoms with Crippen molar-refractivity contribution in [3.63, 3.8) is 0 Å². The summed E-state index contributed by atoms with van der Waals surface area (Å²) in [6.07, 6.45) is 1.74. The number of para-hydroxylation sites is 1. The van der Waals surface area contributed by atoms with Gasteiger partial charge in [0.2, 0.25) is 11.8 Å². The zero-order valence-electron chi connectivity index (χ0n) is 10.9. The van der Waals surface area contributed by atoms with Gasteiger partial charge in [-0.25, -0.2) is 4.98 Å². The van der Waals surface area contributed by atoms with Gasteiger partial charge in [-0.3, -0.25) is 0 Å². The lowest BCUT2D eigenvalue weighted by molar-refractivity contribution is 0.232. The first-order valence-corrected chi connectivity index (χ1v) is 6.63. The molecule has 4 nitrogen and oxygen atoms in total. The Morgan fingerprint density at radius 1 is 1.26 bits per heavy atom. The van der Waals surface area contributed by atoms with E-state index in [9.17, 15) is 0 Å². The number of anilines is 2. The fourth-order valence-corrected chi connectivity index (χ4v) is 1.82. The highest BCUT2D eigenvalue weighted by Crippen LogP contribution is 2.21. The molecule has 2 rings (SSSR count). The van der Waals surface area contributed by atoms with E-state index < -0.39 is 0 Å². The number of halogens is 1. The van der Waals surface area contributed by atoms with E-state index in [4.69, 9.17) is 16.3 Å². The average molecular weight is 278 g/mol. The lowest BCUT2D eigenvalue weighted by Gasteiger charge is -2.11. The highest BCUT2D eigenvalue weighted by molar-refractivity contribution is 6.17. The molecule has 0 aliphatic heterocycles. The van der Waals surface area contributed by atoms with E-state index in [0.717, 1.165) is 11.3 Å². The van der Waals surface area contributed by atoms with Crippen LogP contribution in [0.1, 0.15) is 19.4 Å². The maximum absolute atomic E-state index is 5.89. The zero-order valence-corrected chi connectivity index (χ0v) is 11.7. The van der Waals surface area contributed by atoms with E-state index in [1.807, 2.05) is 38.1 Å². The van der Waals surface area contributed by atoms with Crippen LogP contribution in [0.3, 0.4) is 0 Å². The van der Waals surface area contributed by atoms with Crippen molar-refractivity contribution < 1.29 is 4.74 Å². The van der Waals surface area contributed by atoms with Crippen LogP contribution < -0.4 is 10.1 Å². The highest BCUT2D eigenvalue weighted by Gasteiger charge is 2.05. The Morgan fingerprint density at radius 2 is 2.05 bits per heavy atom. The van der Waals surface area contributed by atoms with Gasteiger partial charge in [-0.15, -0.1) is 11.6 Å². The largest absolute Gasteiger partial charge is 0.475 e. The quantitative estimate of drug-likeness (QED) is 0.846. The number of ether oxygens (including phenoxy) is 1. The number of aromatic nitrogens is 2. The Labute approximate surface area is 117 Å². The van der Waals surface area contributed by atoms with Crippen molar-refractivity contribution in [3.8, 4) is 5.88 Å². The molecule has 0 saturated carbocycles. The summed E-state index contributed by atoms with van der Waals surface area (Å²) >= 11 is 5.89. The van der Waals surface area contributed by atoms with Gasteiger partial charge in [-0.1, -0.05) is 18.2 Å². The van der Waals surface area contributed by atoms with Crippen molar-refractivity contribution in [3.05, 3.63) is 42.1 Å². The second kappa shape index (κ2) is 6.38. The maximum Gasteiger partial charge on any atom is 0.230 e. The summed E-state index contributed by atoms with van der Waals surface area (Å²) in [7, 11) is 0. The zero-order chi connectivity index (χ0) is 13.7. The van der Waals surface area contributed by atoms with Gasteiger partial charge in [-0.2, -0.15) is 4.98 Å². The first-order chi connectivity index (χ1) is 9.19. The van der Waals surface area contributed by atoms with Crippen LogP contribution in [0.15, 0.2) is 36.5 Å². The van der Waals surface area contributed by atoms with E-state index in [-0.39, 0.29) is 6.10 Å². The molecule has 1 N–H and O–H groups in total. The lowest BCUT2D eigenvalue weighted by atomic mass is 10.2. The van der Waals surface area contributed by atoms with Gasteiger partial charge >= 0.3 is 0 Å². The third kappa shape index (κ3) is 3.83. The summed E-state index contributed by atoms with van der Waals surface area (Å²) in [6, 6.07) is 9.52. The summed E-state index contributed by atoms with van der Waals surface area (Å²) in [5.41, 5.74) is 1.90. The molecule has 0 aliphatic carbocycles. The topological polar surface area (TPSA) is 47.0 Å². The fraction of sp³-hybridized carbons (Fsp3) is 0.286. The van der Waals surface area contributed by atoms with Crippen LogP contribution in [0.4, 0.5) is 11.6 Å². The first kappa shape index (κ1) is 13.6. The minimum atomic E-state index is 0.0814. The van der Waals surface area contributed by atoms with Crippen molar-refractivity contribution in [1.29, 1.82) is 0 Å². The minimum Gasteiger partial charge on any atom is -0.475 e. The molecular formula is C14H16ClN3O. The van der Waals surface area contributed by atoms with E-state index in [2.05, 4.69) is 15.3 Å². The van der Waals surface area contributed by atoms with Gasteiger partial charge in [-0.05, 0) is 25.5 Å².